The van der Waals surface area contributed by atoms with Crippen molar-refractivity contribution in [3.8, 4) is 5.75 Å². The van der Waals surface area contributed by atoms with Crippen LogP contribution in [0.3, 0.4) is 0 Å². The first kappa shape index (κ1) is 11.5. The Morgan fingerprint density at radius 1 is 1.12 bits per heavy atom. The zero-order chi connectivity index (χ0) is 12.4. The van der Waals surface area contributed by atoms with Crippen molar-refractivity contribution in [1.82, 2.24) is 0 Å². The van der Waals surface area contributed by atoms with Crippen LogP contribution in [0.4, 0.5) is 5.69 Å². The molecule has 17 heavy (non-hydrogen) atoms. The number of carbonyl (C=O) groups excluding carboxylic acids is 1. The molecule has 1 aromatic rings. The summed E-state index contributed by atoms with van der Waals surface area (Å²) >= 11 is 0. The molecule has 0 fully saturated rings. The molecule has 1 aromatic carbocycles. The molecule has 0 aliphatic carbocycles. The highest BCUT2D eigenvalue weighted by Crippen LogP contribution is 2.27. The first-order valence-electron chi connectivity index (χ1n) is 5.37. The lowest BCUT2D eigenvalue weighted by Gasteiger charge is -2.16. The summed E-state index contributed by atoms with van der Waals surface area (Å²) in [6, 6.07) is 7.40. The predicted molar refractivity (Wildman–Crippen MR) is 65.1 cm³/mol. The molecule has 4 heteroatoms. The van der Waals surface area contributed by atoms with Crippen LogP contribution in [-0.2, 0) is 9.53 Å². The minimum atomic E-state index is -0.00739. The molecule has 1 amide bonds. The van der Waals surface area contributed by atoms with Crippen molar-refractivity contribution in [1.29, 1.82) is 0 Å². The summed E-state index contributed by atoms with van der Waals surface area (Å²) < 4.78 is 10.3. The molecule has 4 nitrogen and oxygen atoms in total. The molecule has 0 saturated carbocycles. The smallest absolute Gasteiger partial charge is 0.257 e. The number of amides is 1. The lowest BCUT2D eigenvalue weighted by atomic mass is 10.2. The maximum Gasteiger partial charge on any atom is 0.257 e. The first-order valence-corrected chi connectivity index (χ1v) is 5.37. The fraction of sp³-hybridized carbons (Fsp3) is 0.308. The Hall–Kier alpha value is -1.97. The minimum absolute atomic E-state index is 0.00739. The lowest BCUT2D eigenvalue weighted by Crippen LogP contribution is -2.26. The van der Waals surface area contributed by atoms with Crippen LogP contribution in [0, 0.1) is 0 Å². The number of anilines is 1. The molecule has 0 aromatic heterocycles. The standard InChI is InChI=1S/C13H15NO3/c1-9-12(17-3)8-14(13(9)15)10-4-6-11(16-2)7-5-10/h4-7H,8H2,1-3H3. The van der Waals surface area contributed by atoms with E-state index in [-0.39, 0.29) is 5.91 Å². The van der Waals surface area contributed by atoms with Crippen LogP contribution in [0.15, 0.2) is 35.6 Å². The van der Waals surface area contributed by atoms with Gasteiger partial charge in [-0.3, -0.25) is 4.79 Å². The molecule has 0 atom stereocenters. The van der Waals surface area contributed by atoms with Gasteiger partial charge in [-0.05, 0) is 31.2 Å². The van der Waals surface area contributed by atoms with Crippen LogP contribution in [0.5, 0.6) is 5.75 Å². The van der Waals surface area contributed by atoms with Crippen LogP contribution in [0.2, 0.25) is 0 Å². The van der Waals surface area contributed by atoms with Gasteiger partial charge in [-0.25, -0.2) is 0 Å². The molecule has 0 unspecified atom stereocenters. The lowest BCUT2D eigenvalue weighted by molar-refractivity contribution is -0.114. The average molecular weight is 233 g/mol. The molecular weight excluding hydrogens is 218 g/mol. The highest BCUT2D eigenvalue weighted by Gasteiger charge is 2.29. The van der Waals surface area contributed by atoms with E-state index in [9.17, 15) is 4.79 Å². The number of rotatable bonds is 3. The third-order valence-electron chi connectivity index (χ3n) is 2.92. The summed E-state index contributed by atoms with van der Waals surface area (Å²) in [6.45, 7) is 2.28. The van der Waals surface area contributed by atoms with Crippen molar-refractivity contribution in [2.75, 3.05) is 25.7 Å². The Labute approximate surface area is 100 Å². The van der Waals surface area contributed by atoms with E-state index in [4.69, 9.17) is 9.47 Å². The summed E-state index contributed by atoms with van der Waals surface area (Å²) in [5.41, 5.74) is 1.52. The van der Waals surface area contributed by atoms with E-state index in [1.165, 1.54) is 0 Å². The van der Waals surface area contributed by atoms with Crippen molar-refractivity contribution in [2.24, 2.45) is 0 Å². The maximum absolute atomic E-state index is 12.0. The van der Waals surface area contributed by atoms with Crippen LogP contribution in [0.1, 0.15) is 6.92 Å². The fourth-order valence-corrected chi connectivity index (χ4v) is 1.84. The Morgan fingerprint density at radius 3 is 2.24 bits per heavy atom. The molecule has 1 heterocycles. The van der Waals surface area contributed by atoms with Crippen LogP contribution in [0.25, 0.3) is 0 Å². The molecule has 1 aliphatic heterocycles. The SMILES string of the molecule is COC1=C(C)C(=O)N(c2ccc(OC)cc2)C1. The van der Waals surface area contributed by atoms with E-state index in [1.54, 1.807) is 26.0 Å². The van der Waals surface area contributed by atoms with E-state index in [0.29, 0.717) is 12.1 Å². The van der Waals surface area contributed by atoms with E-state index < -0.39 is 0 Å². The second-order valence-electron chi connectivity index (χ2n) is 3.84. The molecule has 0 spiro atoms. The number of carbonyl (C=O) groups is 1. The van der Waals surface area contributed by atoms with Crippen LogP contribution < -0.4 is 9.64 Å². The van der Waals surface area contributed by atoms with Crippen molar-refractivity contribution in [3.05, 3.63) is 35.6 Å². The number of methoxy groups -OCH3 is 2. The number of benzene rings is 1. The zero-order valence-electron chi connectivity index (χ0n) is 10.2. The van der Waals surface area contributed by atoms with E-state index in [1.807, 2.05) is 24.3 Å². The van der Waals surface area contributed by atoms with E-state index >= 15 is 0 Å². The van der Waals surface area contributed by atoms with Gasteiger partial charge in [-0.2, -0.15) is 0 Å². The quantitative estimate of drug-likeness (QED) is 0.801. The number of ether oxygens (including phenoxy) is 2. The third kappa shape index (κ3) is 1.98. The highest BCUT2D eigenvalue weighted by molar-refractivity contribution is 6.08. The van der Waals surface area contributed by atoms with Crippen LogP contribution >= 0.6 is 0 Å². The highest BCUT2D eigenvalue weighted by atomic mass is 16.5. The summed E-state index contributed by atoms with van der Waals surface area (Å²) in [7, 11) is 3.20. The Morgan fingerprint density at radius 2 is 1.76 bits per heavy atom. The van der Waals surface area contributed by atoms with Gasteiger partial charge in [0.2, 0.25) is 0 Å². The van der Waals surface area contributed by atoms with E-state index in [2.05, 4.69) is 0 Å². The van der Waals surface area contributed by atoms with Crippen molar-refractivity contribution in [3.63, 3.8) is 0 Å². The van der Waals surface area contributed by atoms with Gasteiger partial charge in [0.25, 0.3) is 5.91 Å². The minimum Gasteiger partial charge on any atom is -0.499 e. The monoisotopic (exact) mass is 233 g/mol. The summed E-state index contributed by atoms with van der Waals surface area (Å²) in [5, 5.41) is 0. The predicted octanol–water partition coefficient (Wildman–Crippen LogP) is 1.96. The molecule has 0 N–H and O–H groups in total. The van der Waals surface area contributed by atoms with Gasteiger partial charge >= 0.3 is 0 Å². The second-order valence-corrected chi connectivity index (χ2v) is 3.84. The van der Waals surface area contributed by atoms with Gasteiger partial charge in [-0.1, -0.05) is 0 Å². The molecular formula is C13H15NO3. The van der Waals surface area contributed by atoms with Gasteiger partial charge in [0.1, 0.15) is 11.5 Å². The van der Waals surface area contributed by atoms with Gasteiger partial charge in [-0.15, -0.1) is 0 Å². The normalized spacial score (nSPS) is 15.5. The second kappa shape index (κ2) is 4.49. The number of nitrogens with zero attached hydrogens (tertiary/aromatic N) is 1. The Kier molecular flexibility index (Phi) is 3.04. The van der Waals surface area contributed by atoms with Crippen molar-refractivity contribution < 1.29 is 14.3 Å². The molecule has 2 rings (SSSR count). The molecule has 1 aliphatic rings. The van der Waals surface area contributed by atoms with Crippen LogP contribution in [-0.4, -0.2) is 26.7 Å². The zero-order valence-corrected chi connectivity index (χ0v) is 10.2. The molecule has 0 bridgehead atoms. The summed E-state index contributed by atoms with van der Waals surface area (Å²) in [4.78, 5) is 13.7. The summed E-state index contributed by atoms with van der Waals surface area (Å²) in [6.07, 6.45) is 0. The van der Waals surface area contributed by atoms with Crippen molar-refractivity contribution in [2.45, 2.75) is 6.92 Å². The maximum atomic E-state index is 12.0. The average Bonchev–Trinajstić information content (AvgIpc) is 2.66. The van der Waals surface area contributed by atoms with Gasteiger partial charge < -0.3 is 14.4 Å². The molecule has 0 radical (unpaired) electrons. The largest absolute Gasteiger partial charge is 0.499 e. The van der Waals surface area contributed by atoms with E-state index in [0.717, 1.165) is 17.2 Å². The Bertz CT molecular complexity index is 462. The molecule has 90 valence electrons. The van der Waals surface area contributed by atoms with Gasteiger partial charge in [0.05, 0.1) is 26.3 Å². The fourth-order valence-electron chi connectivity index (χ4n) is 1.84. The van der Waals surface area contributed by atoms with Crippen molar-refractivity contribution >= 4 is 11.6 Å². The Balaban J connectivity index is 2.23. The van der Waals surface area contributed by atoms with Gasteiger partial charge in [0.15, 0.2) is 0 Å². The molecule has 0 saturated heterocycles. The van der Waals surface area contributed by atoms with Gasteiger partial charge in [0, 0.05) is 5.69 Å². The third-order valence-corrected chi connectivity index (χ3v) is 2.92. The summed E-state index contributed by atoms with van der Waals surface area (Å²) in [5.74, 6) is 1.50. The first-order chi connectivity index (χ1) is 8.17. The number of hydrogen-bond acceptors (Lipinski definition) is 3. The topological polar surface area (TPSA) is 38.8 Å². The number of hydrogen-bond donors (Lipinski definition) is 0.